The number of hydrogen-bond donors (Lipinski definition) is 0. The van der Waals surface area contributed by atoms with Crippen LogP contribution in [0, 0.1) is 11.8 Å². The summed E-state index contributed by atoms with van der Waals surface area (Å²) in [4.78, 5) is 0. The Morgan fingerprint density at radius 2 is 1.67 bits per heavy atom. The van der Waals surface area contributed by atoms with Crippen LogP contribution in [-0.2, 0) is 0 Å². The van der Waals surface area contributed by atoms with E-state index in [0.29, 0.717) is 5.92 Å². The Labute approximate surface area is 59.0 Å². The molecule has 0 radical (unpaired) electrons. The Hall–Kier alpha value is -0.260. The van der Waals surface area contributed by atoms with Gasteiger partial charge in [0.25, 0.3) is 0 Å². The Kier molecular flexibility index (Phi) is 4.47. The fourth-order valence-electron chi connectivity index (χ4n) is 0.548. The number of hydrogen-bond acceptors (Lipinski definition) is 0. The standard InChI is InChI=1S/C9H18/c1-5-9(4)7-6-8(2)3/h6-9H,5H2,1-4H3/b7-6+/t9-/m0/s1. The Morgan fingerprint density at radius 3 is 2.00 bits per heavy atom. The molecule has 0 rings (SSSR count). The highest BCUT2D eigenvalue weighted by molar-refractivity contribution is 4.87. The molecule has 0 aliphatic rings. The molecule has 0 aromatic heterocycles. The maximum absolute atomic E-state index is 2.30. The molecular weight excluding hydrogens is 108 g/mol. The normalized spacial score (nSPS) is 15.2. The van der Waals surface area contributed by atoms with Crippen molar-refractivity contribution in [2.24, 2.45) is 11.8 Å². The zero-order chi connectivity index (χ0) is 7.28. The third-order valence-corrected chi connectivity index (χ3v) is 1.47. The average Bonchev–Trinajstić information content (AvgIpc) is 1.83. The molecule has 0 amide bonds. The fourth-order valence-corrected chi connectivity index (χ4v) is 0.548. The van der Waals surface area contributed by atoms with Gasteiger partial charge < -0.3 is 0 Å². The van der Waals surface area contributed by atoms with E-state index in [4.69, 9.17) is 0 Å². The first kappa shape index (κ1) is 8.74. The summed E-state index contributed by atoms with van der Waals surface area (Å²) in [6.45, 7) is 8.88. The van der Waals surface area contributed by atoms with Crippen LogP contribution in [0.3, 0.4) is 0 Å². The highest BCUT2D eigenvalue weighted by Gasteiger charge is 1.90. The number of rotatable bonds is 3. The van der Waals surface area contributed by atoms with Crippen LogP contribution in [0.4, 0.5) is 0 Å². The highest BCUT2D eigenvalue weighted by atomic mass is 14.0. The summed E-state index contributed by atoms with van der Waals surface area (Å²) in [6.07, 6.45) is 5.82. The summed E-state index contributed by atoms with van der Waals surface area (Å²) < 4.78 is 0. The lowest BCUT2D eigenvalue weighted by molar-refractivity contribution is 0.686. The predicted molar refractivity (Wildman–Crippen MR) is 43.4 cm³/mol. The van der Waals surface area contributed by atoms with Crippen LogP contribution < -0.4 is 0 Å². The SMILES string of the molecule is CC[C@H](C)/C=C/C(C)C. The summed E-state index contributed by atoms with van der Waals surface area (Å²) in [5, 5.41) is 0. The second kappa shape index (κ2) is 4.60. The molecule has 0 bridgehead atoms. The first-order chi connectivity index (χ1) is 4.16. The molecule has 0 aliphatic carbocycles. The third kappa shape index (κ3) is 5.61. The lowest BCUT2D eigenvalue weighted by Crippen LogP contribution is -1.86. The molecule has 0 heteroatoms. The summed E-state index contributed by atoms with van der Waals surface area (Å²) in [5.41, 5.74) is 0. The molecule has 0 heterocycles. The van der Waals surface area contributed by atoms with Crippen LogP contribution in [0.25, 0.3) is 0 Å². The van der Waals surface area contributed by atoms with Gasteiger partial charge in [-0.05, 0) is 11.8 Å². The molecule has 0 fully saturated rings. The van der Waals surface area contributed by atoms with Gasteiger partial charge >= 0.3 is 0 Å². The monoisotopic (exact) mass is 126 g/mol. The van der Waals surface area contributed by atoms with Crippen molar-refractivity contribution in [3.8, 4) is 0 Å². The third-order valence-electron chi connectivity index (χ3n) is 1.47. The zero-order valence-electron chi connectivity index (χ0n) is 7.02. The molecule has 0 spiro atoms. The molecule has 9 heavy (non-hydrogen) atoms. The molecule has 0 saturated heterocycles. The van der Waals surface area contributed by atoms with E-state index in [9.17, 15) is 0 Å². The molecule has 0 nitrogen and oxygen atoms in total. The van der Waals surface area contributed by atoms with Gasteiger partial charge in [0.15, 0.2) is 0 Å². The Balaban J connectivity index is 3.43. The van der Waals surface area contributed by atoms with Gasteiger partial charge in [-0.2, -0.15) is 0 Å². The quantitative estimate of drug-likeness (QED) is 0.509. The van der Waals surface area contributed by atoms with Gasteiger partial charge in [0.1, 0.15) is 0 Å². The van der Waals surface area contributed by atoms with E-state index in [1.807, 2.05) is 0 Å². The lowest BCUT2D eigenvalue weighted by atomic mass is 10.1. The smallest absolute Gasteiger partial charge is 0.0264 e. The second-order valence-corrected chi connectivity index (χ2v) is 3.01. The molecule has 1 atom stereocenters. The molecule has 0 saturated carbocycles. The van der Waals surface area contributed by atoms with Crippen LogP contribution in [0.2, 0.25) is 0 Å². The van der Waals surface area contributed by atoms with E-state index in [-0.39, 0.29) is 0 Å². The molecule has 0 N–H and O–H groups in total. The van der Waals surface area contributed by atoms with Gasteiger partial charge in [-0.1, -0.05) is 46.3 Å². The van der Waals surface area contributed by atoms with Crippen LogP contribution >= 0.6 is 0 Å². The van der Waals surface area contributed by atoms with E-state index in [0.717, 1.165) is 5.92 Å². The summed E-state index contributed by atoms with van der Waals surface area (Å²) in [7, 11) is 0. The topological polar surface area (TPSA) is 0 Å². The summed E-state index contributed by atoms with van der Waals surface area (Å²) in [5.74, 6) is 1.46. The van der Waals surface area contributed by atoms with Gasteiger partial charge in [0.05, 0.1) is 0 Å². The summed E-state index contributed by atoms with van der Waals surface area (Å²) in [6, 6.07) is 0. The maximum atomic E-state index is 2.30. The van der Waals surface area contributed by atoms with Gasteiger partial charge in [0.2, 0.25) is 0 Å². The Morgan fingerprint density at radius 1 is 1.11 bits per heavy atom. The van der Waals surface area contributed by atoms with Crippen LogP contribution in [0.15, 0.2) is 12.2 Å². The minimum Gasteiger partial charge on any atom is -0.0857 e. The van der Waals surface area contributed by atoms with E-state index < -0.39 is 0 Å². The van der Waals surface area contributed by atoms with E-state index >= 15 is 0 Å². The van der Waals surface area contributed by atoms with Crippen molar-refractivity contribution in [1.82, 2.24) is 0 Å². The highest BCUT2D eigenvalue weighted by Crippen LogP contribution is 2.04. The predicted octanol–water partition coefficient (Wildman–Crippen LogP) is 3.24. The van der Waals surface area contributed by atoms with Gasteiger partial charge in [-0.25, -0.2) is 0 Å². The average molecular weight is 126 g/mol. The van der Waals surface area contributed by atoms with Crippen molar-refractivity contribution in [3.05, 3.63) is 12.2 Å². The van der Waals surface area contributed by atoms with Crippen molar-refractivity contribution in [3.63, 3.8) is 0 Å². The van der Waals surface area contributed by atoms with Crippen molar-refractivity contribution in [1.29, 1.82) is 0 Å². The van der Waals surface area contributed by atoms with E-state index in [1.54, 1.807) is 0 Å². The molecular formula is C9H18. The van der Waals surface area contributed by atoms with Crippen molar-refractivity contribution >= 4 is 0 Å². The molecule has 0 aromatic carbocycles. The Bertz CT molecular complexity index is 80.0. The molecule has 54 valence electrons. The van der Waals surface area contributed by atoms with E-state index in [2.05, 4.69) is 39.8 Å². The van der Waals surface area contributed by atoms with Crippen molar-refractivity contribution < 1.29 is 0 Å². The first-order valence-corrected chi connectivity index (χ1v) is 3.85. The van der Waals surface area contributed by atoms with Gasteiger partial charge in [-0.15, -0.1) is 0 Å². The maximum Gasteiger partial charge on any atom is -0.0264 e. The van der Waals surface area contributed by atoms with Gasteiger partial charge in [0, 0.05) is 0 Å². The minimum atomic E-state index is 0.707. The van der Waals surface area contributed by atoms with E-state index in [1.165, 1.54) is 6.42 Å². The molecule has 0 aromatic rings. The second-order valence-electron chi connectivity index (χ2n) is 3.01. The van der Waals surface area contributed by atoms with Crippen molar-refractivity contribution in [2.45, 2.75) is 34.1 Å². The van der Waals surface area contributed by atoms with Gasteiger partial charge in [-0.3, -0.25) is 0 Å². The molecule has 0 aliphatic heterocycles. The minimum absolute atomic E-state index is 0.707. The number of allylic oxidation sites excluding steroid dienone is 2. The largest absolute Gasteiger partial charge is 0.0857 e. The van der Waals surface area contributed by atoms with Crippen LogP contribution in [-0.4, -0.2) is 0 Å². The molecule has 0 unspecified atom stereocenters. The van der Waals surface area contributed by atoms with Crippen LogP contribution in [0.1, 0.15) is 34.1 Å². The summed E-state index contributed by atoms with van der Waals surface area (Å²) >= 11 is 0. The lowest BCUT2D eigenvalue weighted by Gasteiger charge is -2.00. The van der Waals surface area contributed by atoms with Crippen LogP contribution in [0.5, 0.6) is 0 Å². The zero-order valence-corrected chi connectivity index (χ0v) is 7.02. The first-order valence-electron chi connectivity index (χ1n) is 3.85. The fraction of sp³-hybridized carbons (Fsp3) is 0.778. The van der Waals surface area contributed by atoms with Crippen molar-refractivity contribution in [2.75, 3.05) is 0 Å².